The number of rotatable bonds is 5. The summed E-state index contributed by atoms with van der Waals surface area (Å²) in [6, 6.07) is 6.54. The Morgan fingerprint density at radius 1 is 1.48 bits per heavy atom. The molecule has 1 aromatic heterocycles. The fraction of sp³-hybridized carbons (Fsp3) is 0.368. The third kappa shape index (κ3) is 3.19. The molecule has 2 aromatic rings. The molecule has 0 saturated heterocycles. The maximum atomic E-state index is 13.8. The highest BCUT2D eigenvalue weighted by Crippen LogP contribution is 2.41. The molecule has 0 aliphatic heterocycles. The van der Waals surface area contributed by atoms with Crippen LogP contribution in [-0.2, 0) is 4.79 Å². The van der Waals surface area contributed by atoms with Crippen molar-refractivity contribution in [2.75, 3.05) is 0 Å². The fourth-order valence-electron chi connectivity index (χ4n) is 3.16. The second kappa shape index (κ2) is 6.37. The average molecular weight is 312 g/mol. The molecule has 0 fully saturated rings. The van der Waals surface area contributed by atoms with Gasteiger partial charge in [0.25, 0.3) is 0 Å². The number of halogens is 1. The first-order valence-electron chi connectivity index (χ1n) is 7.59. The van der Waals surface area contributed by atoms with Gasteiger partial charge in [-0.25, -0.2) is 4.39 Å². The minimum absolute atomic E-state index is 0.259. The van der Waals surface area contributed by atoms with Crippen LogP contribution in [0, 0.1) is 29.5 Å². The van der Waals surface area contributed by atoms with Crippen LogP contribution in [0.2, 0.25) is 0 Å². The van der Waals surface area contributed by atoms with E-state index in [1.165, 1.54) is 12.3 Å². The van der Waals surface area contributed by atoms with E-state index in [4.69, 9.17) is 12.2 Å². The summed E-state index contributed by atoms with van der Waals surface area (Å²) < 4.78 is 13.8. The number of aromatic nitrogens is 1. The monoisotopic (exact) mass is 312 g/mol. The minimum atomic E-state index is -0.883. The number of primary amides is 1. The van der Waals surface area contributed by atoms with Gasteiger partial charge in [0.15, 0.2) is 0 Å². The number of carbonyl (C=O) groups is 1. The molecule has 1 aromatic carbocycles. The van der Waals surface area contributed by atoms with Crippen molar-refractivity contribution in [2.24, 2.45) is 17.1 Å². The Labute approximate surface area is 136 Å². The van der Waals surface area contributed by atoms with Gasteiger partial charge in [-0.15, -0.1) is 6.42 Å². The SMILES string of the molecule is C#CC(c1cnc2c(F)cccc2c1)C(C)(CC(C)C)C(N)=O. The summed E-state index contributed by atoms with van der Waals surface area (Å²) in [6.07, 6.45) is 7.83. The number of hydrogen-bond acceptors (Lipinski definition) is 2. The van der Waals surface area contributed by atoms with Gasteiger partial charge in [-0.2, -0.15) is 0 Å². The van der Waals surface area contributed by atoms with E-state index in [2.05, 4.69) is 10.9 Å². The molecule has 4 heteroatoms. The largest absolute Gasteiger partial charge is 0.369 e. The van der Waals surface area contributed by atoms with E-state index in [9.17, 15) is 9.18 Å². The zero-order valence-electron chi connectivity index (χ0n) is 13.6. The van der Waals surface area contributed by atoms with E-state index < -0.39 is 17.2 Å². The maximum Gasteiger partial charge on any atom is 0.224 e. The highest BCUT2D eigenvalue weighted by molar-refractivity contribution is 5.83. The van der Waals surface area contributed by atoms with Crippen molar-refractivity contribution in [1.82, 2.24) is 4.98 Å². The Morgan fingerprint density at radius 2 is 2.17 bits per heavy atom. The van der Waals surface area contributed by atoms with Crippen LogP contribution >= 0.6 is 0 Å². The minimum Gasteiger partial charge on any atom is -0.369 e. The molecule has 0 spiro atoms. The van der Waals surface area contributed by atoms with Crippen LogP contribution in [0.15, 0.2) is 30.5 Å². The van der Waals surface area contributed by atoms with Crippen molar-refractivity contribution >= 4 is 16.8 Å². The highest BCUT2D eigenvalue weighted by atomic mass is 19.1. The number of benzene rings is 1. The maximum absolute atomic E-state index is 13.8. The highest BCUT2D eigenvalue weighted by Gasteiger charge is 2.40. The zero-order valence-corrected chi connectivity index (χ0v) is 13.6. The molecule has 0 aliphatic carbocycles. The molecule has 0 radical (unpaired) electrons. The molecule has 2 unspecified atom stereocenters. The number of terminal acetylenes is 1. The molecule has 2 rings (SSSR count). The summed E-state index contributed by atoms with van der Waals surface area (Å²) >= 11 is 0. The van der Waals surface area contributed by atoms with Crippen LogP contribution in [0.4, 0.5) is 4.39 Å². The Kier molecular flexibility index (Phi) is 4.70. The third-order valence-electron chi connectivity index (χ3n) is 4.22. The molecule has 0 saturated carbocycles. The van der Waals surface area contributed by atoms with Gasteiger partial charge in [0, 0.05) is 11.6 Å². The Morgan fingerprint density at radius 3 is 2.74 bits per heavy atom. The van der Waals surface area contributed by atoms with E-state index in [1.807, 2.05) is 13.8 Å². The van der Waals surface area contributed by atoms with E-state index in [0.29, 0.717) is 17.4 Å². The van der Waals surface area contributed by atoms with Crippen LogP contribution in [0.5, 0.6) is 0 Å². The Balaban J connectivity index is 2.56. The quantitative estimate of drug-likeness (QED) is 0.857. The van der Waals surface area contributed by atoms with Gasteiger partial charge in [-0.05, 0) is 37.0 Å². The molecular weight excluding hydrogens is 291 g/mol. The number of pyridine rings is 1. The lowest BCUT2D eigenvalue weighted by atomic mass is 9.69. The van der Waals surface area contributed by atoms with E-state index >= 15 is 0 Å². The van der Waals surface area contributed by atoms with Crippen LogP contribution < -0.4 is 5.73 Å². The summed E-state index contributed by atoms with van der Waals surface area (Å²) in [7, 11) is 0. The van der Waals surface area contributed by atoms with E-state index in [-0.39, 0.29) is 17.3 Å². The second-order valence-electron chi connectivity index (χ2n) is 6.56. The first-order valence-corrected chi connectivity index (χ1v) is 7.59. The average Bonchev–Trinajstić information content (AvgIpc) is 2.47. The second-order valence-corrected chi connectivity index (χ2v) is 6.56. The van der Waals surface area contributed by atoms with Gasteiger partial charge in [-0.3, -0.25) is 9.78 Å². The third-order valence-corrected chi connectivity index (χ3v) is 4.22. The summed E-state index contributed by atoms with van der Waals surface area (Å²) in [6.45, 7) is 5.82. The first-order chi connectivity index (χ1) is 10.8. The van der Waals surface area contributed by atoms with Gasteiger partial charge in [0.2, 0.25) is 5.91 Å². The summed E-state index contributed by atoms with van der Waals surface area (Å²) in [5.41, 5.74) is 5.76. The first kappa shape index (κ1) is 17.0. The van der Waals surface area contributed by atoms with Crippen LogP contribution in [0.3, 0.4) is 0 Å². The van der Waals surface area contributed by atoms with Crippen molar-refractivity contribution in [1.29, 1.82) is 0 Å². The molecule has 1 heterocycles. The number of hydrogen-bond donors (Lipinski definition) is 1. The van der Waals surface area contributed by atoms with Gasteiger partial charge in [0.05, 0.1) is 11.3 Å². The predicted molar refractivity (Wildman–Crippen MR) is 90.0 cm³/mol. The standard InChI is InChI=1S/C19H21FN2O/c1-5-15(19(4,18(21)23)10-12(2)3)14-9-13-7-6-8-16(20)17(13)22-11-14/h1,6-9,11-12,15H,10H2,2-4H3,(H2,21,23). The molecule has 120 valence electrons. The van der Waals surface area contributed by atoms with Gasteiger partial charge in [-0.1, -0.05) is 31.9 Å². The topological polar surface area (TPSA) is 56.0 Å². The molecular formula is C19H21FN2O. The summed E-state index contributed by atoms with van der Waals surface area (Å²) in [5.74, 6) is 1.62. The number of para-hydroxylation sites is 1. The van der Waals surface area contributed by atoms with Crippen LogP contribution in [-0.4, -0.2) is 10.9 Å². The fourth-order valence-corrected chi connectivity index (χ4v) is 3.16. The van der Waals surface area contributed by atoms with Gasteiger partial charge in [0.1, 0.15) is 11.3 Å². The Hall–Kier alpha value is -2.41. The van der Waals surface area contributed by atoms with E-state index in [0.717, 1.165) is 0 Å². The molecule has 2 atom stereocenters. The summed E-state index contributed by atoms with van der Waals surface area (Å²) in [5, 5.41) is 0.652. The number of amides is 1. The van der Waals surface area contributed by atoms with Crippen molar-refractivity contribution < 1.29 is 9.18 Å². The molecule has 3 nitrogen and oxygen atoms in total. The van der Waals surface area contributed by atoms with E-state index in [1.54, 1.807) is 25.1 Å². The molecule has 0 aliphatic rings. The number of carbonyl (C=O) groups excluding carboxylic acids is 1. The molecule has 1 amide bonds. The number of fused-ring (bicyclic) bond motifs is 1. The van der Waals surface area contributed by atoms with Crippen LogP contribution in [0.25, 0.3) is 10.9 Å². The normalized spacial score (nSPS) is 15.1. The zero-order chi connectivity index (χ0) is 17.2. The lowest BCUT2D eigenvalue weighted by Crippen LogP contribution is -2.40. The summed E-state index contributed by atoms with van der Waals surface area (Å²) in [4.78, 5) is 16.3. The van der Waals surface area contributed by atoms with Gasteiger partial charge < -0.3 is 5.73 Å². The van der Waals surface area contributed by atoms with Crippen molar-refractivity contribution in [3.8, 4) is 12.3 Å². The number of nitrogens with two attached hydrogens (primary N) is 1. The number of nitrogens with zero attached hydrogens (tertiary/aromatic N) is 1. The molecule has 2 N–H and O–H groups in total. The van der Waals surface area contributed by atoms with Crippen molar-refractivity contribution in [3.05, 3.63) is 41.8 Å². The van der Waals surface area contributed by atoms with Crippen molar-refractivity contribution in [3.63, 3.8) is 0 Å². The predicted octanol–water partition coefficient (Wildman–Crippen LogP) is 3.63. The molecule has 0 bridgehead atoms. The Bertz CT molecular complexity index is 779. The lowest BCUT2D eigenvalue weighted by molar-refractivity contribution is -0.128. The van der Waals surface area contributed by atoms with Gasteiger partial charge >= 0.3 is 0 Å². The molecule has 23 heavy (non-hydrogen) atoms. The van der Waals surface area contributed by atoms with Crippen LogP contribution in [0.1, 0.15) is 38.7 Å². The smallest absolute Gasteiger partial charge is 0.224 e. The lowest BCUT2D eigenvalue weighted by Gasteiger charge is -2.33. The van der Waals surface area contributed by atoms with Crippen molar-refractivity contribution in [2.45, 2.75) is 33.1 Å².